The predicted molar refractivity (Wildman–Crippen MR) is 146 cm³/mol. The molecule has 1 unspecified atom stereocenters. The number of amides is 2. The molecule has 1 aliphatic heterocycles. The molecule has 0 fully saturated rings. The summed E-state index contributed by atoms with van der Waals surface area (Å²) in [5.41, 5.74) is 3.51. The van der Waals surface area contributed by atoms with Crippen molar-refractivity contribution in [1.82, 2.24) is 9.80 Å². The third-order valence-corrected chi connectivity index (χ3v) is 7.79. The lowest BCUT2D eigenvalue weighted by molar-refractivity contribution is -0.384. The van der Waals surface area contributed by atoms with Crippen molar-refractivity contribution in [2.45, 2.75) is 52.0 Å². The molecule has 1 aliphatic rings. The normalized spacial score (nSPS) is 15.2. The van der Waals surface area contributed by atoms with E-state index in [4.69, 9.17) is 0 Å². The van der Waals surface area contributed by atoms with Crippen LogP contribution in [0, 0.1) is 10.1 Å². The van der Waals surface area contributed by atoms with E-state index in [9.17, 15) is 19.7 Å². The van der Waals surface area contributed by atoms with Crippen molar-refractivity contribution < 1.29 is 14.5 Å². The Balaban J connectivity index is 1.62. The predicted octanol–water partition coefficient (Wildman–Crippen LogP) is 5.98. The van der Waals surface area contributed by atoms with Gasteiger partial charge >= 0.3 is 0 Å². The molecule has 1 aromatic heterocycles. The fourth-order valence-corrected chi connectivity index (χ4v) is 5.73. The quantitative estimate of drug-likeness (QED) is 0.284. The fraction of sp³-hybridized carbons (Fsp3) is 0.379. The Hall–Kier alpha value is -3.52. The number of nitro groups is 1. The van der Waals surface area contributed by atoms with Crippen molar-refractivity contribution in [3.05, 3.63) is 97.2 Å². The highest BCUT2D eigenvalue weighted by atomic mass is 32.1. The van der Waals surface area contributed by atoms with Gasteiger partial charge in [-0.25, -0.2) is 0 Å². The van der Waals surface area contributed by atoms with E-state index in [0.29, 0.717) is 19.5 Å². The van der Waals surface area contributed by atoms with Gasteiger partial charge in [0.05, 0.1) is 11.0 Å². The zero-order valence-electron chi connectivity index (χ0n) is 21.8. The van der Waals surface area contributed by atoms with Gasteiger partial charge in [0.1, 0.15) is 6.54 Å². The average molecular weight is 520 g/mol. The van der Waals surface area contributed by atoms with E-state index in [1.165, 1.54) is 33.5 Å². The second-order valence-corrected chi connectivity index (χ2v) is 11.4. The van der Waals surface area contributed by atoms with Gasteiger partial charge in [0.15, 0.2) is 0 Å². The number of benzene rings is 2. The van der Waals surface area contributed by atoms with Crippen molar-refractivity contribution in [3.8, 4) is 0 Å². The Bertz CT molecular complexity index is 1290. The van der Waals surface area contributed by atoms with E-state index in [-0.39, 0.29) is 41.1 Å². The summed E-state index contributed by atoms with van der Waals surface area (Å²) in [6.07, 6.45) is 1.45. The molecule has 8 heteroatoms. The summed E-state index contributed by atoms with van der Waals surface area (Å²) in [6.45, 7) is 9.35. The Kier molecular flexibility index (Phi) is 7.78. The van der Waals surface area contributed by atoms with Crippen LogP contribution in [0.5, 0.6) is 0 Å². The van der Waals surface area contributed by atoms with Gasteiger partial charge in [0, 0.05) is 35.7 Å². The molecule has 0 saturated heterocycles. The SMILES string of the molecule is CCCN(CC(=O)N1CCc2sccc2C1c1ccc(C(C)(C)C)cc1)C(=O)c1cccc([N+](=O)[O-])c1. The van der Waals surface area contributed by atoms with E-state index < -0.39 is 4.92 Å². The minimum atomic E-state index is -0.520. The number of nitro benzene ring substituents is 1. The molecule has 0 bridgehead atoms. The van der Waals surface area contributed by atoms with Crippen molar-refractivity contribution in [3.63, 3.8) is 0 Å². The van der Waals surface area contributed by atoms with Gasteiger partial charge in [-0.3, -0.25) is 19.7 Å². The highest BCUT2D eigenvalue weighted by molar-refractivity contribution is 7.10. The van der Waals surface area contributed by atoms with Crippen LogP contribution in [0.25, 0.3) is 0 Å². The van der Waals surface area contributed by atoms with Crippen LogP contribution in [0.4, 0.5) is 5.69 Å². The van der Waals surface area contributed by atoms with E-state index in [2.05, 4.69) is 56.5 Å². The topological polar surface area (TPSA) is 83.8 Å². The van der Waals surface area contributed by atoms with Crippen LogP contribution >= 0.6 is 11.3 Å². The van der Waals surface area contributed by atoms with Crippen LogP contribution in [-0.2, 0) is 16.6 Å². The molecule has 0 N–H and O–H groups in total. The zero-order chi connectivity index (χ0) is 26.7. The molecule has 0 radical (unpaired) electrons. The first-order valence-corrected chi connectivity index (χ1v) is 13.5. The summed E-state index contributed by atoms with van der Waals surface area (Å²) >= 11 is 1.72. The molecule has 2 heterocycles. The summed E-state index contributed by atoms with van der Waals surface area (Å²) in [4.78, 5) is 42.4. The van der Waals surface area contributed by atoms with Gasteiger partial charge in [0.25, 0.3) is 11.6 Å². The van der Waals surface area contributed by atoms with Gasteiger partial charge in [-0.15, -0.1) is 11.3 Å². The largest absolute Gasteiger partial charge is 0.330 e. The van der Waals surface area contributed by atoms with Crippen molar-refractivity contribution in [2.24, 2.45) is 0 Å². The van der Waals surface area contributed by atoms with Crippen molar-refractivity contribution in [2.75, 3.05) is 19.6 Å². The summed E-state index contributed by atoms with van der Waals surface area (Å²) in [6, 6.07) is 16.0. The van der Waals surface area contributed by atoms with Gasteiger partial charge in [-0.05, 0) is 52.5 Å². The number of fused-ring (bicyclic) bond motifs is 1. The van der Waals surface area contributed by atoms with E-state index >= 15 is 0 Å². The molecule has 0 saturated carbocycles. The molecular weight excluding hydrogens is 486 g/mol. The molecule has 0 spiro atoms. The molecule has 4 rings (SSSR count). The average Bonchev–Trinajstić information content (AvgIpc) is 3.36. The number of hydrogen-bond donors (Lipinski definition) is 0. The first-order chi connectivity index (χ1) is 17.6. The maximum Gasteiger partial charge on any atom is 0.270 e. The summed E-state index contributed by atoms with van der Waals surface area (Å²) in [7, 11) is 0. The molecule has 2 amide bonds. The Morgan fingerprint density at radius 1 is 1.14 bits per heavy atom. The first-order valence-electron chi connectivity index (χ1n) is 12.6. The monoisotopic (exact) mass is 519 g/mol. The third kappa shape index (κ3) is 5.74. The molecule has 0 aliphatic carbocycles. The highest BCUT2D eigenvalue weighted by Gasteiger charge is 2.34. The molecular formula is C29H33N3O4S. The van der Waals surface area contributed by atoms with Crippen LogP contribution < -0.4 is 0 Å². The lowest BCUT2D eigenvalue weighted by Crippen LogP contribution is -2.47. The smallest absolute Gasteiger partial charge is 0.270 e. The van der Waals surface area contributed by atoms with E-state index in [1.54, 1.807) is 17.4 Å². The van der Waals surface area contributed by atoms with Crippen molar-refractivity contribution in [1.29, 1.82) is 0 Å². The number of nitrogens with zero attached hydrogens (tertiary/aromatic N) is 3. The van der Waals surface area contributed by atoms with Crippen LogP contribution in [0.2, 0.25) is 0 Å². The van der Waals surface area contributed by atoms with Crippen LogP contribution in [0.1, 0.15) is 72.1 Å². The van der Waals surface area contributed by atoms with Gasteiger partial charge in [0.2, 0.25) is 5.91 Å². The molecule has 2 aromatic carbocycles. The fourth-order valence-electron chi connectivity index (χ4n) is 4.82. The molecule has 37 heavy (non-hydrogen) atoms. The maximum atomic E-state index is 13.8. The Morgan fingerprint density at radius 3 is 2.51 bits per heavy atom. The van der Waals surface area contributed by atoms with Crippen LogP contribution in [-0.4, -0.2) is 46.2 Å². The summed E-state index contributed by atoms with van der Waals surface area (Å²) in [5.74, 6) is -0.507. The molecule has 7 nitrogen and oxygen atoms in total. The summed E-state index contributed by atoms with van der Waals surface area (Å²) < 4.78 is 0. The zero-order valence-corrected chi connectivity index (χ0v) is 22.6. The van der Waals surface area contributed by atoms with Crippen LogP contribution in [0.15, 0.2) is 60.0 Å². The Morgan fingerprint density at radius 2 is 1.86 bits per heavy atom. The number of hydrogen-bond acceptors (Lipinski definition) is 5. The standard InChI is InChI=1S/C29H33N3O4S/c1-5-15-30(28(34)21-7-6-8-23(18-21)32(35)36)19-26(33)31-16-13-25-24(14-17-37-25)27(31)20-9-11-22(12-10-20)29(2,3)4/h6-12,14,17-18,27H,5,13,15-16,19H2,1-4H3. The number of carbonyl (C=O) groups is 2. The van der Waals surface area contributed by atoms with E-state index in [1.807, 2.05) is 11.8 Å². The summed E-state index contributed by atoms with van der Waals surface area (Å²) in [5, 5.41) is 13.3. The van der Waals surface area contributed by atoms with E-state index in [0.717, 1.165) is 17.5 Å². The van der Waals surface area contributed by atoms with Gasteiger partial charge in [-0.2, -0.15) is 0 Å². The lowest BCUT2D eigenvalue weighted by Gasteiger charge is -2.38. The number of rotatable bonds is 7. The lowest BCUT2D eigenvalue weighted by atomic mass is 9.85. The first kappa shape index (κ1) is 26.5. The maximum absolute atomic E-state index is 13.8. The second-order valence-electron chi connectivity index (χ2n) is 10.4. The number of carbonyl (C=O) groups excluding carboxylic acids is 2. The van der Waals surface area contributed by atoms with Crippen molar-refractivity contribution >= 4 is 28.8 Å². The number of non-ortho nitro benzene ring substituents is 1. The minimum absolute atomic E-state index is 0.0294. The highest BCUT2D eigenvalue weighted by Crippen LogP contribution is 2.38. The third-order valence-electron chi connectivity index (χ3n) is 6.79. The van der Waals surface area contributed by atoms with Gasteiger partial charge < -0.3 is 9.80 Å². The minimum Gasteiger partial charge on any atom is -0.330 e. The molecule has 3 aromatic rings. The Labute approximate surface area is 221 Å². The molecule has 1 atom stereocenters. The number of thiophene rings is 1. The van der Waals surface area contributed by atoms with Gasteiger partial charge in [-0.1, -0.05) is 58.0 Å². The molecule has 194 valence electrons. The van der Waals surface area contributed by atoms with Crippen LogP contribution in [0.3, 0.4) is 0 Å². The second kappa shape index (κ2) is 10.8.